The van der Waals surface area contributed by atoms with Crippen LogP contribution < -0.4 is 5.32 Å². The Bertz CT molecular complexity index is 480. The summed E-state index contributed by atoms with van der Waals surface area (Å²) in [4.78, 5) is 11.5. The Morgan fingerprint density at radius 2 is 2.24 bits per heavy atom. The van der Waals surface area contributed by atoms with Crippen LogP contribution in [0.5, 0.6) is 0 Å². The third kappa shape index (κ3) is 2.50. The minimum absolute atomic E-state index is 0.195. The van der Waals surface area contributed by atoms with Gasteiger partial charge in [0, 0.05) is 10.6 Å². The van der Waals surface area contributed by atoms with Crippen LogP contribution in [0.4, 0.5) is 4.39 Å². The molecule has 1 amide bonds. The van der Waals surface area contributed by atoms with Crippen LogP contribution >= 0.6 is 11.6 Å². The van der Waals surface area contributed by atoms with Crippen LogP contribution in [0, 0.1) is 5.82 Å². The van der Waals surface area contributed by atoms with Gasteiger partial charge in [0.05, 0.1) is 5.54 Å². The molecule has 0 spiro atoms. The number of allylic oxidation sites excluding steroid dienone is 1. The zero-order valence-corrected chi connectivity index (χ0v) is 10.2. The summed E-state index contributed by atoms with van der Waals surface area (Å²) >= 11 is 5.70. The van der Waals surface area contributed by atoms with Gasteiger partial charge in [0.15, 0.2) is 0 Å². The van der Waals surface area contributed by atoms with Crippen molar-refractivity contribution in [3.05, 3.63) is 46.8 Å². The first-order valence-electron chi connectivity index (χ1n) is 5.48. The molecule has 0 atom stereocenters. The van der Waals surface area contributed by atoms with Gasteiger partial charge in [0.25, 0.3) is 0 Å². The molecule has 1 aliphatic rings. The number of hydrogen-bond acceptors (Lipinski definition) is 1. The first-order chi connectivity index (χ1) is 8.07. The summed E-state index contributed by atoms with van der Waals surface area (Å²) in [6.07, 6.45) is 4.61. The fourth-order valence-corrected chi connectivity index (χ4v) is 2.05. The number of rotatable bonds is 3. The van der Waals surface area contributed by atoms with Gasteiger partial charge in [0.2, 0.25) is 5.91 Å². The largest absolute Gasteiger partial charge is 0.343 e. The van der Waals surface area contributed by atoms with Crippen molar-refractivity contribution in [2.24, 2.45) is 0 Å². The maximum atomic E-state index is 13.8. The Labute approximate surface area is 104 Å². The molecule has 0 radical (unpaired) electrons. The highest BCUT2D eigenvalue weighted by molar-refractivity contribution is 6.30. The molecule has 1 aliphatic carbocycles. The van der Waals surface area contributed by atoms with Gasteiger partial charge >= 0.3 is 0 Å². The quantitative estimate of drug-likeness (QED) is 0.824. The number of hydrogen-bond donors (Lipinski definition) is 1. The van der Waals surface area contributed by atoms with Gasteiger partial charge in [0.1, 0.15) is 5.82 Å². The summed E-state index contributed by atoms with van der Waals surface area (Å²) < 4.78 is 13.8. The van der Waals surface area contributed by atoms with Crippen LogP contribution in [0.2, 0.25) is 5.02 Å². The summed E-state index contributed by atoms with van der Waals surface area (Å²) in [5, 5.41) is 3.20. The van der Waals surface area contributed by atoms with E-state index >= 15 is 0 Å². The molecule has 17 heavy (non-hydrogen) atoms. The standard InChI is InChI=1S/C13H13ClFNO/c1-2-3-12(17)16-13(6-7-13)10-5-4-9(14)8-11(10)15/h2-5,8H,6-7H2,1H3,(H,16,17)/b3-2+. The number of nitrogens with one attached hydrogen (secondary N) is 1. The van der Waals surface area contributed by atoms with Crippen molar-refractivity contribution in [2.75, 3.05) is 0 Å². The number of amides is 1. The van der Waals surface area contributed by atoms with E-state index in [1.165, 1.54) is 12.1 Å². The van der Waals surface area contributed by atoms with E-state index in [0.717, 1.165) is 12.8 Å². The summed E-state index contributed by atoms with van der Waals surface area (Å²) in [6, 6.07) is 4.56. The molecule has 0 aromatic heterocycles. The monoisotopic (exact) mass is 253 g/mol. The molecular weight excluding hydrogens is 241 g/mol. The summed E-state index contributed by atoms with van der Waals surface area (Å²) in [7, 11) is 0. The molecule has 0 aliphatic heterocycles. The third-order valence-electron chi connectivity index (χ3n) is 2.88. The third-order valence-corrected chi connectivity index (χ3v) is 3.11. The normalized spacial score (nSPS) is 17.1. The second-order valence-corrected chi connectivity index (χ2v) is 4.63. The number of benzene rings is 1. The van der Waals surface area contributed by atoms with Gasteiger partial charge in [-0.05, 0) is 38.0 Å². The van der Waals surface area contributed by atoms with Gasteiger partial charge < -0.3 is 5.32 Å². The molecule has 2 nitrogen and oxygen atoms in total. The van der Waals surface area contributed by atoms with Crippen molar-refractivity contribution in [3.8, 4) is 0 Å². The highest BCUT2D eigenvalue weighted by Gasteiger charge is 2.47. The molecule has 1 N–H and O–H groups in total. The fraction of sp³-hybridized carbons (Fsp3) is 0.308. The van der Waals surface area contributed by atoms with Crippen molar-refractivity contribution >= 4 is 17.5 Å². The number of carbonyl (C=O) groups excluding carboxylic acids is 1. The molecule has 4 heteroatoms. The van der Waals surface area contributed by atoms with E-state index in [9.17, 15) is 9.18 Å². The molecule has 1 aromatic rings. The SMILES string of the molecule is C/C=C/C(=O)NC1(c2ccc(Cl)cc2F)CC1. The van der Waals surface area contributed by atoms with Crippen molar-refractivity contribution in [1.82, 2.24) is 5.32 Å². The molecule has 1 fully saturated rings. The van der Waals surface area contributed by atoms with Gasteiger partial charge in [-0.3, -0.25) is 4.79 Å². The molecule has 0 bridgehead atoms. The Hall–Kier alpha value is -1.35. The lowest BCUT2D eigenvalue weighted by Gasteiger charge is -2.17. The van der Waals surface area contributed by atoms with E-state index in [2.05, 4.69) is 5.32 Å². The van der Waals surface area contributed by atoms with Crippen LogP contribution in [0.25, 0.3) is 0 Å². The van der Waals surface area contributed by atoms with Gasteiger partial charge in [-0.25, -0.2) is 4.39 Å². The predicted molar refractivity (Wildman–Crippen MR) is 65.3 cm³/mol. The van der Waals surface area contributed by atoms with E-state index in [1.54, 1.807) is 25.1 Å². The van der Waals surface area contributed by atoms with Gasteiger partial charge in [-0.2, -0.15) is 0 Å². The van der Waals surface area contributed by atoms with Crippen LogP contribution in [0.15, 0.2) is 30.4 Å². The van der Waals surface area contributed by atoms with Gasteiger partial charge in [-0.15, -0.1) is 0 Å². The van der Waals surface area contributed by atoms with E-state index < -0.39 is 5.54 Å². The predicted octanol–water partition coefficient (Wildman–Crippen LogP) is 3.16. The fourth-order valence-electron chi connectivity index (χ4n) is 1.89. The van der Waals surface area contributed by atoms with Crippen LogP contribution in [0.1, 0.15) is 25.3 Å². The Kier molecular flexibility index (Phi) is 3.20. The van der Waals surface area contributed by atoms with Crippen LogP contribution in [0.3, 0.4) is 0 Å². The zero-order chi connectivity index (χ0) is 12.5. The van der Waals surface area contributed by atoms with Crippen molar-refractivity contribution < 1.29 is 9.18 Å². The minimum Gasteiger partial charge on any atom is -0.343 e. The van der Waals surface area contributed by atoms with Crippen molar-refractivity contribution in [2.45, 2.75) is 25.3 Å². The first-order valence-corrected chi connectivity index (χ1v) is 5.85. The van der Waals surface area contributed by atoms with E-state index in [1.807, 2.05) is 0 Å². The molecule has 90 valence electrons. The van der Waals surface area contributed by atoms with Crippen molar-refractivity contribution in [1.29, 1.82) is 0 Å². The topological polar surface area (TPSA) is 29.1 Å². The van der Waals surface area contributed by atoms with E-state index in [4.69, 9.17) is 11.6 Å². The maximum absolute atomic E-state index is 13.8. The minimum atomic E-state index is -0.536. The van der Waals surface area contributed by atoms with E-state index in [-0.39, 0.29) is 11.7 Å². The lowest BCUT2D eigenvalue weighted by Crippen LogP contribution is -2.34. The number of halogens is 2. The average Bonchev–Trinajstić information content (AvgIpc) is 2.98. The Morgan fingerprint density at radius 1 is 1.53 bits per heavy atom. The van der Waals surface area contributed by atoms with Crippen LogP contribution in [-0.2, 0) is 10.3 Å². The van der Waals surface area contributed by atoms with Gasteiger partial charge in [-0.1, -0.05) is 23.7 Å². The van der Waals surface area contributed by atoms with E-state index in [0.29, 0.717) is 10.6 Å². The second kappa shape index (κ2) is 4.49. The molecule has 1 saturated carbocycles. The molecular formula is C13H13ClFNO. The molecule has 1 aromatic carbocycles. The average molecular weight is 254 g/mol. The second-order valence-electron chi connectivity index (χ2n) is 4.20. The van der Waals surface area contributed by atoms with Crippen molar-refractivity contribution in [3.63, 3.8) is 0 Å². The summed E-state index contributed by atoms with van der Waals surface area (Å²) in [5.74, 6) is -0.560. The molecule has 2 rings (SSSR count). The first kappa shape index (κ1) is 12.1. The Balaban J connectivity index is 2.24. The molecule has 0 saturated heterocycles. The highest BCUT2D eigenvalue weighted by Crippen LogP contribution is 2.46. The lowest BCUT2D eigenvalue weighted by atomic mass is 10.0. The Morgan fingerprint density at radius 3 is 2.76 bits per heavy atom. The smallest absolute Gasteiger partial charge is 0.244 e. The molecule has 0 heterocycles. The lowest BCUT2D eigenvalue weighted by molar-refractivity contribution is -0.117. The molecule has 0 unspecified atom stereocenters. The van der Waals surface area contributed by atoms with Crippen LogP contribution in [-0.4, -0.2) is 5.91 Å². The summed E-state index contributed by atoms with van der Waals surface area (Å²) in [5.41, 5.74) is -0.0228. The highest BCUT2D eigenvalue weighted by atomic mass is 35.5. The maximum Gasteiger partial charge on any atom is 0.244 e. The summed E-state index contributed by atoms with van der Waals surface area (Å²) in [6.45, 7) is 1.77. The number of carbonyl (C=O) groups is 1. The zero-order valence-electron chi connectivity index (χ0n) is 9.47.